The molecule has 1 aliphatic rings. The van der Waals surface area contributed by atoms with Gasteiger partial charge in [-0.1, -0.05) is 18.6 Å². The van der Waals surface area contributed by atoms with Gasteiger partial charge in [0.25, 0.3) is 9.05 Å². The highest BCUT2D eigenvalue weighted by Crippen LogP contribution is 2.24. The average Bonchev–Trinajstić information content (AvgIpc) is 2.29. The molecule has 0 amide bonds. The van der Waals surface area contributed by atoms with Crippen molar-refractivity contribution in [2.45, 2.75) is 30.2 Å². The Morgan fingerprint density at radius 1 is 1.19 bits per heavy atom. The minimum atomic E-state index is -3.60. The molecule has 1 fully saturated rings. The predicted octanol–water partition coefficient (Wildman–Crippen LogP) is 2.43. The molecular formula is C11H14ClNO2S. The third kappa shape index (κ3) is 2.75. The number of nitrogens with one attached hydrogen (secondary N) is 1. The summed E-state index contributed by atoms with van der Waals surface area (Å²) in [5.74, 6) is 0. The standard InChI is InChI=1S/C11H14ClNO2S/c12-16(14,15)10-6-4-9(5-7-10)11-3-1-2-8-13-11/h4-7,11,13H,1-3,8H2. The van der Waals surface area contributed by atoms with Crippen LogP contribution in [0.2, 0.25) is 0 Å². The number of hydrogen-bond acceptors (Lipinski definition) is 3. The van der Waals surface area contributed by atoms with Crippen molar-refractivity contribution in [2.24, 2.45) is 0 Å². The van der Waals surface area contributed by atoms with Crippen LogP contribution in [0, 0.1) is 0 Å². The van der Waals surface area contributed by atoms with Gasteiger partial charge in [0.15, 0.2) is 0 Å². The predicted molar refractivity (Wildman–Crippen MR) is 64.1 cm³/mol. The fraction of sp³-hybridized carbons (Fsp3) is 0.455. The molecule has 0 spiro atoms. The maximum absolute atomic E-state index is 11.1. The van der Waals surface area contributed by atoms with Crippen LogP contribution in [0.3, 0.4) is 0 Å². The van der Waals surface area contributed by atoms with Crippen molar-refractivity contribution in [1.82, 2.24) is 5.32 Å². The van der Waals surface area contributed by atoms with E-state index in [2.05, 4.69) is 5.32 Å². The summed E-state index contributed by atoms with van der Waals surface area (Å²) in [5.41, 5.74) is 1.13. The van der Waals surface area contributed by atoms with Gasteiger partial charge in [0.05, 0.1) is 4.90 Å². The molecule has 0 saturated carbocycles. The topological polar surface area (TPSA) is 46.2 Å². The van der Waals surface area contributed by atoms with Crippen molar-refractivity contribution < 1.29 is 8.42 Å². The Bertz CT molecular complexity index is 449. The first kappa shape index (κ1) is 11.9. The molecule has 1 unspecified atom stereocenters. The van der Waals surface area contributed by atoms with Crippen LogP contribution < -0.4 is 5.32 Å². The second kappa shape index (κ2) is 4.73. The third-order valence-corrected chi connectivity index (χ3v) is 4.24. The van der Waals surface area contributed by atoms with Gasteiger partial charge >= 0.3 is 0 Å². The van der Waals surface area contributed by atoms with E-state index in [4.69, 9.17) is 10.7 Å². The van der Waals surface area contributed by atoms with E-state index in [1.54, 1.807) is 12.1 Å². The summed E-state index contributed by atoms with van der Waals surface area (Å²) in [6, 6.07) is 7.14. The van der Waals surface area contributed by atoms with Gasteiger partial charge in [-0.2, -0.15) is 0 Å². The Morgan fingerprint density at radius 2 is 1.88 bits per heavy atom. The number of piperidine rings is 1. The van der Waals surface area contributed by atoms with Crippen molar-refractivity contribution >= 4 is 19.7 Å². The van der Waals surface area contributed by atoms with E-state index in [1.165, 1.54) is 12.8 Å². The highest BCUT2D eigenvalue weighted by atomic mass is 35.7. The summed E-state index contributed by atoms with van der Waals surface area (Å²) in [5, 5.41) is 3.41. The van der Waals surface area contributed by atoms with Crippen LogP contribution in [0.25, 0.3) is 0 Å². The second-order valence-corrected chi connectivity index (χ2v) is 6.58. The van der Waals surface area contributed by atoms with Crippen molar-refractivity contribution in [2.75, 3.05) is 6.54 Å². The maximum Gasteiger partial charge on any atom is 0.261 e. The van der Waals surface area contributed by atoms with Gasteiger partial charge in [0, 0.05) is 16.7 Å². The molecule has 1 atom stereocenters. The Kier molecular flexibility index (Phi) is 3.52. The van der Waals surface area contributed by atoms with Crippen molar-refractivity contribution in [1.29, 1.82) is 0 Å². The van der Waals surface area contributed by atoms with Gasteiger partial charge in [-0.05, 0) is 37.1 Å². The monoisotopic (exact) mass is 259 g/mol. The van der Waals surface area contributed by atoms with Gasteiger partial charge < -0.3 is 5.32 Å². The zero-order valence-electron chi connectivity index (χ0n) is 8.82. The summed E-state index contributed by atoms with van der Waals surface area (Å²) in [6.45, 7) is 1.03. The molecular weight excluding hydrogens is 246 g/mol. The van der Waals surface area contributed by atoms with Crippen LogP contribution in [0.5, 0.6) is 0 Å². The molecule has 1 saturated heterocycles. The first-order valence-corrected chi connectivity index (χ1v) is 7.66. The van der Waals surface area contributed by atoms with Crippen LogP contribution in [-0.4, -0.2) is 15.0 Å². The van der Waals surface area contributed by atoms with E-state index in [9.17, 15) is 8.42 Å². The molecule has 88 valence electrons. The number of rotatable bonds is 2. The van der Waals surface area contributed by atoms with Crippen LogP contribution in [-0.2, 0) is 9.05 Å². The molecule has 1 heterocycles. The minimum Gasteiger partial charge on any atom is -0.310 e. The van der Waals surface area contributed by atoms with Crippen LogP contribution in [0.15, 0.2) is 29.2 Å². The summed E-state index contributed by atoms with van der Waals surface area (Å²) < 4.78 is 22.1. The van der Waals surface area contributed by atoms with E-state index in [0.29, 0.717) is 6.04 Å². The van der Waals surface area contributed by atoms with E-state index in [1.807, 2.05) is 12.1 Å². The fourth-order valence-corrected chi connectivity index (χ4v) is 2.77. The lowest BCUT2D eigenvalue weighted by molar-refractivity contribution is 0.412. The Morgan fingerprint density at radius 3 is 2.38 bits per heavy atom. The lowest BCUT2D eigenvalue weighted by atomic mass is 9.98. The Hall–Kier alpha value is -0.580. The number of halogens is 1. The molecule has 1 aliphatic heterocycles. The quantitative estimate of drug-likeness (QED) is 0.830. The normalized spacial score (nSPS) is 21.9. The molecule has 5 heteroatoms. The van der Waals surface area contributed by atoms with Gasteiger partial charge in [0.2, 0.25) is 0 Å². The first-order valence-electron chi connectivity index (χ1n) is 5.35. The van der Waals surface area contributed by atoms with Crippen LogP contribution >= 0.6 is 10.7 Å². The van der Waals surface area contributed by atoms with Gasteiger partial charge in [-0.15, -0.1) is 0 Å². The molecule has 1 aromatic carbocycles. The molecule has 0 bridgehead atoms. The average molecular weight is 260 g/mol. The van der Waals surface area contributed by atoms with Gasteiger partial charge in [0.1, 0.15) is 0 Å². The first-order chi connectivity index (χ1) is 7.57. The largest absolute Gasteiger partial charge is 0.310 e. The lowest BCUT2D eigenvalue weighted by Gasteiger charge is -2.23. The van der Waals surface area contributed by atoms with E-state index >= 15 is 0 Å². The minimum absolute atomic E-state index is 0.161. The summed E-state index contributed by atoms with van der Waals surface area (Å²) >= 11 is 0. The Labute approximate surface area is 100 Å². The zero-order chi connectivity index (χ0) is 11.6. The van der Waals surface area contributed by atoms with Crippen molar-refractivity contribution in [3.8, 4) is 0 Å². The van der Waals surface area contributed by atoms with E-state index in [-0.39, 0.29) is 4.90 Å². The van der Waals surface area contributed by atoms with Crippen molar-refractivity contribution in [3.05, 3.63) is 29.8 Å². The molecule has 1 N–H and O–H groups in total. The second-order valence-electron chi connectivity index (χ2n) is 4.01. The smallest absolute Gasteiger partial charge is 0.261 e. The maximum atomic E-state index is 11.1. The summed E-state index contributed by atoms with van der Waals surface area (Å²) in [4.78, 5) is 0.161. The lowest BCUT2D eigenvalue weighted by Crippen LogP contribution is -2.26. The molecule has 16 heavy (non-hydrogen) atoms. The third-order valence-electron chi connectivity index (χ3n) is 2.87. The zero-order valence-corrected chi connectivity index (χ0v) is 10.4. The van der Waals surface area contributed by atoms with E-state index in [0.717, 1.165) is 18.5 Å². The van der Waals surface area contributed by atoms with E-state index < -0.39 is 9.05 Å². The summed E-state index contributed by atoms with van der Waals surface area (Å²) in [7, 11) is 1.65. The van der Waals surface area contributed by atoms with Crippen molar-refractivity contribution in [3.63, 3.8) is 0 Å². The Balaban J connectivity index is 2.18. The highest BCUT2D eigenvalue weighted by Gasteiger charge is 2.15. The summed E-state index contributed by atoms with van der Waals surface area (Å²) in [6.07, 6.45) is 3.53. The molecule has 0 radical (unpaired) electrons. The number of benzene rings is 1. The van der Waals surface area contributed by atoms with Crippen LogP contribution in [0.1, 0.15) is 30.9 Å². The number of hydrogen-bond donors (Lipinski definition) is 1. The van der Waals surface area contributed by atoms with Crippen LogP contribution in [0.4, 0.5) is 0 Å². The highest BCUT2D eigenvalue weighted by molar-refractivity contribution is 8.13. The molecule has 0 aromatic heterocycles. The molecule has 0 aliphatic carbocycles. The fourth-order valence-electron chi connectivity index (χ4n) is 2.00. The molecule has 2 rings (SSSR count). The molecule has 1 aromatic rings. The van der Waals surface area contributed by atoms with Gasteiger partial charge in [-0.3, -0.25) is 0 Å². The SMILES string of the molecule is O=S(=O)(Cl)c1ccc(C2CCCCN2)cc1. The van der Waals surface area contributed by atoms with Gasteiger partial charge in [-0.25, -0.2) is 8.42 Å². The molecule has 3 nitrogen and oxygen atoms in total.